The minimum Gasteiger partial charge on any atom is -0.490 e. The van der Waals surface area contributed by atoms with Gasteiger partial charge in [0.2, 0.25) is 0 Å². The normalized spacial score (nSPS) is 12.8. The highest BCUT2D eigenvalue weighted by Gasteiger charge is 2.19. The quantitative estimate of drug-likeness (QED) is 0.835. The lowest BCUT2D eigenvalue weighted by Gasteiger charge is -2.17. The zero-order valence-corrected chi connectivity index (χ0v) is 15.1. The molecule has 0 saturated carbocycles. The maximum Gasteiger partial charge on any atom is 0.157 e. The van der Waals surface area contributed by atoms with Gasteiger partial charge in [0, 0.05) is 0 Å². The largest absolute Gasteiger partial charge is 0.490 e. The van der Waals surface area contributed by atoms with Crippen LogP contribution >= 0.6 is 0 Å². The molecule has 0 saturated heterocycles. The topological polar surface area (TPSA) is 63.6 Å². The first-order valence-electron chi connectivity index (χ1n) is 7.90. The molecule has 1 atom stereocenters. The molecule has 0 spiro atoms. The highest BCUT2D eigenvalue weighted by atomic mass is 32.2. The van der Waals surface area contributed by atoms with Crippen molar-refractivity contribution in [2.24, 2.45) is 0 Å². The minimum atomic E-state index is -3.40. The van der Waals surface area contributed by atoms with Gasteiger partial charge in [-0.25, -0.2) is 8.42 Å². The van der Waals surface area contributed by atoms with Crippen molar-refractivity contribution in [3.63, 3.8) is 0 Å². The lowest BCUT2D eigenvalue weighted by molar-refractivity contribution is 0.124. The fourth-order valence-corrected chi connectivity index (χ4v) is 4.06. The Balaban J connectivity index is 1.96. The maximum atomic E-state index is 12.2. The Labute approximate surface area is 144 Å². The molecule has 2 aromatic carbocycles. The van der Waals surface area contributed by atoms with Crippen molar-refractivity contribution in [2.75, 3.05) is 12.4 Å². The monoisotopic (exact) mass is 348 g/mol. The summed E-state index contributed by atoms with van der Waals surface area (Å²) in [7, 11) is -3.40. The van der Waals surface area contributed by atoms with Crippen LogP contribution in [0.4, 0.5) is 0 Å². The van der Waals surface area contributed by atoms with Gasteiger partial charge in [0.15, 0.2) is 9.84 Å². The Morgan fingerprint density at radius 2 is 1.62 bits per heavy atom. The number of hydrogen-bond acceptors (Lipinski definition) is 4. The van der Waals surface area contributed by atoms with E-state index in [0.29, 0.717) is 0 Å². The van der Waals surface area contributed by atoms with E-state index in [4.69, 9.17) is 4.74 Å². The van der Waals surface area contributed by atoms with Crippen LogP contribution in [0.2, 0.25) is 0 Å². The lowest BCUT2D eigenvalue weighted by Crippen LogP contribution is -2.28. The molecule has 1 N–H and O–H groups in total. The van der Waals surface area contributed by atoms with Crippen LogP contribution in [0.5, 0.6) is 5.75 Å². The van der Waals surface area contributed by atoms with Gasteiger partial charge in [0.1, 0.15) is 18.5 Å². The van der Waals surface area contributed by atoms with E-state index in [1.807, 2.05) is 39.0 Å². The van der Waals surface area contributed by atoms with Crippen molar-refractivity contribution in [3.05, 3.63) is 64.7 Å². The van der Waals surface area contributed by atoms with Crippen molar-refractivity contribution < 1.29 is 18.3 Å². The second-order valence-corrected chi connectivity index (χ2v) is 8.27. The third kappa shape index (κ3) is 5.08. The summed E-state index contributed by atoms with van der Waals surface area (Å²) in [5.41, 5.74) is 3.80. The molecule has 0 aliphatic heterocycles. The van der Waals surface area contributed by atoms with E-state index in [9.17, 15) is 13.5 Å². The summed E-state index contributed by atoms with van der Waals surface area (Å²) in [6, 6.07) is 12.9. The predicted octanol–water partition coefficient (Wildman–Crippen LogP) is 2.97. The van der Waals surface area contributed by atoms with Gasteiger partial charge in [-0.05, 0) is 43.0 Å². The van der Waals surface area contributed by atoms with Crippen LogP contribution in [0.1, 0.15) is 22.3 Å². The SMILES string of the molecule is Cc1ccc(C)c(OCC(O)CS(=O)(=O)Cc2ccccc2)c1C. The van der Waals surface area contributed by atoms with Crippen molar-refractivity contribution in [1.29, 1.82) is 0 Å². The van der Waals surface area contributed by atoms with Gasteiger partial charge in [-0.1, -0.05) is 42.5 Å². The minimum absolute atomic E-state index is 0.0425. The van der Waals surface area contributed by atoms with E-state index in [1.165, 1.54) is 0 Å². The van der Waals surface area contributed by atoms with Gasteiger partial charge < -0.3 is 9.84 Å². The smallest absolute Gasteiger partial charge is 0.157 e. The van der Waals surface area contributed by atoms with Crippen molar-refractivity contribution in [3.8, 4) is 5.75 Å². The maximum absolute atomic E-state index is 12.2. The van der Waals surface area contributed by atoms with Crippen molar-refractivity contribution >= 4 is 9.84 Å². The Morgan fingerprint density at radius 1 is 1.00 bits per heavy atom. The molecular formula is C19H24O4S. The molecule has 5 heteroatoms. The Kier molecular flexibility index (Phi) is 6.02. The number of rotatable bonds is 7. The molecule has 2 aromatic rings. The average Bonchev–Trinajstić information content (AvgIpc) is 2.51. The Hall–Kier alpha value is -1.85. The molecule has 0 aromatic heterocycles. The summed E-state index contributed by atoms with van der Waals surface area (Å²) in [6.07, 6.45) is -1.06. The second kappa shape index (κ2) is 7.81. The van der Waals surface area contributed by atoms with Crippen LogP contribution in [-0.2, 0) is 15.6 Å². The first-order chi connectivity index (χ1) is 11.3. The summed E-state index contributed by atoms with van der Waals surface area (Å²) in [6.45, 7) is 5.83. The van der Waals surface area contributed by atoms with Gasteiger partial charge in [-0.3, -0.25) is 0 Å². The fourth-order valence-electron chi connectivity index (χ4n) is 2.56. The summed E-state index contributed by atoms with van der Waals surface area (Å²) in [5, 5.41) is 10.1. The van der Waals surface area contributed by atoms with Gasteiger partial charge >= 0.3 is 0 Å². The van der Waals surface area contributed by atoms with E-state index in [1.54, 1.807) is 24.3 Å². The molecular weight excluding hydrogens is 324 g/mol. The molecule has 0 amide bonds. The zero-order valence-electron chi connectivity index (χ0n) is 14.3. The zero-order chi connectivity index (χ0) is 17.7. The van der Waals surface area contributed by atoms with Crippen LogP contribution in [0.25, 0.3) is 0 Å². The van der Waals surface area contributed by atoms with E-state index in [0.717, 1.165) is 28.0 Å². The van der Waals surface area contributed by atoms with Crippen LogP contribution in [0.3, 0.4) is 0 Å². The lowest BCUT2D eigenvalue weighted by atomic mass is 10.1. The summed E-state index contributed by atoms with van der Waals surface area (Å²) in [5.74, 6) is 0.327. The van der Waals surface area contributed by atoms with Crippen molar-refractivity contribution in [2.45, 2.75) is 32.6 Å². The molecule has 2 rings (SSSR count). The molecule has 130 valence electrons. The Morgan fingerprint density at radius 3 is 2.29 bits per heavy atom. The number of benzene rings is 2. The van der Waals surface area contributed by atoms with Gasteiger partial charge in [0.05, 0.1) is 11.5 Å². The van der Waals surface area contributed by atoms with Gasteiger partial charge in [-0.15, -0.1) is 0 Å². The summed E-state index contributed by atoms with van der Waals surface area (Å²) < 4.78 is 30.1. The molecule has 0 radical (unpaired) electrons. The van der Waals surface area contributed by atoms with E-state index in [2.05, 4.69) is 0 Å². The van der Waals surface area contributed by atoms with Crippen LogP contribution in [0, 0.1) is 20.8 Å². The third-order valence-corrected chi connectivity index (χ3v) is 5.64. The van der Waals surface area contributed by atoms with Gasteiger partial charge in [0.25, 0.3) is 0 Å². The number of aryl methyl sites for hydroxylation is 2. The Bertz CT molecular complexity index is 783. The number of aliphatic hydroxyl groups is 1. The van der Waals surface area contributed by atoms with E-state index in [-0.39, 0.29) is 18.1 Å². The molecule has 0 aliphatic rings. The highest BCUT2D eigenvalue weighted by Crippen LogP contribution is 2.25. The molecule has 24 heavy (non-hydrogen) atoms. The van der Waals surface area contributed by atoms with Crippen molar-refractivity contribution in [1.82, 2.24) is 0 Å². The predicted molar refractivity (Wildman–Crippen MR) is 96.1 cm³/mol. The van der Waals surface area contributed by atoms with Crippen LogP contribution in [0.15, 0.2) is 42.5 Å². The fraction of sp³-hybridized carbons (Fsp3) is 0.368. The number of hydrogen-bond donors (Lipinski definition) is 1. The molecule has 0 fully saturated rings. The van der Waals surface area contributed by atoms with Gasteiger partial charge in [-0.2, -0.15) is 0 Å². The second-order valence-electron chi connectivity index (χ2n) is 6.16. The molecule has 0 bridgehead atoms. The van der Waals surface area contributed by atoms with E-state index >= 15 is 0 Å². The average molecular weight is 348 g/mol. The number of sulfone groups is 1. The van der Waals surface area contributed by atoms with Crippen LogP contribution < -0.4 is 4.74 Å². The van der Waals surface area contributed by atoms with E-state index < -0.39 is 15.9 Å². The summed E-state index contributed by atoms with van der Waals surface area (Å²) in [4.78, 5) is 0. The molecule has 4 nitrogen and oxygen atoms in total. The highest BCUT2D eigenvalue weighted by molar-refractivity contribution is 7.90. The standard InChI is InChI=1S/C19H24O4S/c1-14-9-10-15(2)19(16(14)3)23-11-18(20)13-24(21,22)12-17-7-5-4-6-8-17/h4-10,18,20H,11-13H2,1-3H3. The first kappa shape index (κ1) is 18.5. The molecule has 0 heterocycles. The number of aliphatic hydroxyl groups excluding tert-OH is 1. The van der Waals surface area contributed by atoms with Crippen LogP contribution in [-0.4, -0.2) is 32.0 Å². The number of ether oxygens (including phenoxy) is 1. The molecule has 1 unspecified atom stereocenters. The first-order valence-corrected chi connectivity index (χ1v) is 9.72. The summed E-state index contributed by atoms with van der Waals surface area (Å²) >= 11 is 0. The third-order valence-electron chi connectivity index (χ3n) is 3.97. The molecule has 0 aliphatic carbocycles.